The molecule has 0 aliphatic rings. The molecule has 2 rings (SSSR count). The van der Waals surface area contributed by atoms with Crippen LogP contribution in [0.3, 0.4) is 0 Å². The first-order valence-corrected chi connectivity index (χ1v) is 6.39. The minimum absolute atomic E-state index is 0.110. The van der Waals surface area contributed by atoms with Crippen molar-refractivity contribution in [3.05, 3.63) is 82.2 Å². The Hall–Kier alpha value is -2.32. The number of allylic oxidation sites excluding steroid dienone is 4. The minimum atomic E-state index is -0.110. The first kappa shape index (κ1) is 14.1. The summed E-state index contributed by atoms with van der Waals surface area (Å²) < 4.78 is 5.66. The Labute approximate surface area is 122 Å². The summed E-state index contributed by atoms with van der Waals surface area (Å²) in [5.74, 6) is 0.424. The predicted octanol–water partition coefficient (Wildman–Crippen LogP) is 4.76. The van der Waals surface area contributed by atoms with Gasteiger partial charge < -0.3 is 4.42 Å². The van der Waals surface area contributed by atoms with Gasteiger partial charge in [0.05, 0.1) is 10.9 Å². The summed E-state index contributed by atoms with van der Waals surface area (Å²) in [6, 6.07) is 7.09. The van der Waals surface area contributed by atoms with Crippen molar-refractivity contribution in [1.82, 2.24) is 0 Å². The molecule has 2 aromatic rings. The molecule has 0 aliphatic heterocycles. The van der Waals surface area contributed by atoms with Gasteiger partial charge in [-0.15, -0.1) is 0 Å². The van der Waals surface area contributed by atoms with Crippen LogP contribution in [0.15, 0.2) is 69.9 Å². The lowest BCUT2D eigenvalue weighted by molar-refractivity contribution is 0.589. The number of fused-ring (bicyclic) bond motifs is 1. The molecule has 0 unspecified atom stereocenters. The van der Waals surface area contributed by atoms with Gasteiger partial charge in [-0.2, -0.15) is 0 Å². The van der Waals surface area contributed by atoms with E-state index in [4.69, 9.17) is 16.0 Å². The van der Waals surface area contributed by atoms with Crippen LogP contribution >= 0.6 is 11.6 Å². The average molecular weight is 285 g/mol. The van der Waals surface area contributed by atoms with E-state index in [9.17, 15) is 4.79 Å². The molecule has 0 radical (unpaired) electrons. The molecule has 3 heteroatoms. The molecule has 0 bridgehead atoms. The Morgan fingerprint density at radius 1 is 1.25 bits per heavy atom. The number of halogens is 1. The van der Waals surface area contributed by atoms with Crippen LogP contribution in [0.25, 0.3) is 23.1 Å². The Morgan fingerprint density at radius 3 is 2.70 bits per heavy atom. The lowest BCUT2D eigenvalue weighted by atomic mass is 10.1. The lowest BCUT2D eigenvalue weighted by Crippen LogP contribution is -2.07. The van der Waals surface area contributed by atoms with E-state index in [0.717, 1.165) is 0 Å². The second kappa shape index (κ2) is 6.22. The van der Waals surface area contributed by atoms with Crippen LogP contribution in [-0.4, -0.2) is 0 Å². The lowest BCUT2D eigenvalue weighted by Gasteiger charge is -2.03. The van der Waals surface area contributed by atoms with Gasteiger partial charge in [0, 0.05) is 5.03 Å². The molecule has 1 heterocycles. The fraction of sp³-hybridized carbons (Fsp3) is 0. The van der Waals surface area contributed by atoms with Crippen molar-refractivity contribution >= 4 is 34.7 Å². The zero-order valence-electron chi connectivity index (χ0n) is 10.8. The summed E-state index contributed by atoms with van der Waals surface area (Å²) in [6.45, 7) is 7.23. The van der Waals surface area contributed by atoms with Gasteiger partial charge in [-0.1, -0.05) is 43.0 Å². The summed E-state index contributed by atoms with van der Waals surface area (Å²) in [4.78, 5) is 12.4. The minimum Gasteiger partial charge on any atom is -0.456 e. The zero-order valence-corrected chi connectivity index (χ0v) is 11.6. The van der Waals surface area contributed by atoms with Crippen LogP contribution in [0.1, 0.15) is 11.3 Å². The maximum Gasteiger partial charge on any atom is 0.200 e. The van der Waals surface area contributed by atoms with Gasteiger partial charge in [0.1, 0.15) is 11.3 Å². The highest BCUT2D eigenvalue weighted by Crippen LogP contribution is 2.18. The summed E-state index contributed by atoms with van der Waals surface area (Å²) >= 11 is 5.94. The molecule has 2 nitrogen and oxygen atoms in total. The van der Waals surface area contributed by atoms with E-state index in [1.54, 1.807) is 42.5 Å². The molecule has 1 aromatic heterocycles. The molecule has 0 saturated carbocycles. The van der Waals surface area contributed by atoms with Crippen molar-refractivity contribution in [1.29, 1.82) is 0 Å². The van der Waals surface area contributed by atoms with E-state index in [0.29, 0.717) is 27.3 Å². The third kappa shape index (κ3) is 2.81. The molecule has 0 amide bonds. The predicted molar refractivity (Wildman–Crippen MR) is 85.7 cm³/mol. The first-order valence-electron chi connectivity index (χ1n) is 6.02. The molecule has 20 heavy (non-hydrogen) atoms. The summed E-state index contributed by atoms with van der Waals surface area (Å²) in [7, 11) is 0. The SMILES string of the molecule is C=C/C=C(Cl)\C=C\c1c(C=C)oc2ccccc2c1=O. The molecule has 1 aromatic carbocycles. The van der Waals surface area contributed by atoms with Gasteiger partial charge in [-0.25, -0.2) is 0 Å². The van der Waals surface area contributed by atoms with Gasteiger partial charge >= 0.3 is 0 Å². The van der Waals surface area contributed by atoms with Crippen molar-refractivity contribution in [3.8, 4) is 0 Å². The molecular formula is C17H13ClO2. The summed E-state index contributed by atoms with van der Waals surface area (Å²) in [5.41, 5.74) is 0.854. The highest BCUT2D eigenvalue weighted by atomic mass is 35.5. The van der Waals surface area contributed by atoms with Crippen LogP contribution in [-0.2, 0) is 0 Å². The standard InChI is InChI=1S/C17H13ClO2/c1-3-7-12(18)10-11-14-15(4-2)20-16-9-6-5-8-13(16)17(14)19/h3-11H,1-2H2/b11-10+,12-7+. The number of rotatable bonds is 4. The normalized spacial score (nSPS) is 11.9. The Bertz CT molecular complexity index is 779. The molecule has 100 valence electrons. The maximum atomic E-state index is 12.4. The number of hydrogen-bond donors (Lipinski definition) is 0. The van der Waals surface area contributed by atoms with Gasteiger partial charge in [0.2, 0.25) is 5.43 Å². The van der Waals surface area contributed by atoms with Crippen LogP contribution in [0.2, 0.25) is 0 Å². The van der Waals surface area contributed by atoms with Crippen molar-refractivity contribution in [2.45, 2.75) is 0 Å². The maximum absolute atomic E-state index is 12.4. The summed E-state index contributed by atoms with van der Waals surface area (Å²) in [5, 5.41) is 1.00. The summed E-state index contributed by atoms with van der Waals surface area (Å²) in [6.07, 6.45) is 7.96. The monoisotopic (exact) mass is 284 g/mol. The molecule has 0 fully saturated rings. The number of hydrogen-bond acceptors (Lipinski definition) is 2. The van der Waals surface area contributed by atoms with Gasteiger partial charge in [-0.05, 0) is 36.4 Å². The Kier molecular flexibility index (Phi) is 4.38. The van der Waals surface area contributed by atoms with Crippen molar-refractivity contribution < 1.29 is 4.42 Å². The van der Waals surface area contributed by atoms with E-state index >= 15 is 0 Å². The van der Waals surface area contributed by atoms with Crippen LogP contribution in [0.5, 0.6) is 0 Å². The van der Waals surface area contributed by atoms with Crippen molar-refractivity contribution in [2.24, 2.45) is 0 Å². The van der Waals surface area contributed by atoms with E-state index in [1.807, 2.05) is 6.07 Å². The average Bonchev–Trinajstić information content (AvgIpc) is 2.46. The largest absolute Gasteiger partial charge is 0.456 e. The Balaban J connectivity index is 2.66. The fourth-order valence-electron chi connectivity index (χ4n) is 1.81. The molecular weight excluding hydrogens is 272 g/mol. The fourth-order valence-corrected chi connectivity index (χ4v) is 1.97. The van der Waals surface area contributed by atoms with Crippen LogP contribution in [0, 0.1) is 0 Å². The molecule has 0 saturated heterocycles. The molecule has 0 aliphatic carbocycles. The second-order valence-corrected chi connectivity index (χ2v) is 4.47. The van der Waals surface area contributed by atoms with E-state index in [-0.39, 0.29) is 5.43 Å². The van der Waals surface area contributed by atoms with Crippen LogP contribution in [0.4, 0.5) is 0 Å². The number of benzene rings is 1. The van der Waals surface area contributed by atoms with Crippen molar-refractivity contribution in [3.63, 3.8) is 0 Å². The Morgan fingerprint density at radius 2 is 2.00 bits per heavy atom. The van der Waals surface area contributed by atoms with E-state index in [1.165, 1.54) is 6.08 Å². The highest BCUT2D eigenvalue weighted by Gasteiger charge is 2.09. The van der Waals surface area contributed by atoms with Gasteiger partial charge in [-0.3, -0.25) is 4.79 Å². The van der Waals surface area contributed by atoms with Crippen LogP contribution < -0.4 is 5.43 Å². The van der Waals surface area contributed by atoms with E-state index in [2.05, 4.69) is 13.2 Å². The zero-order chi connectivity index (χ0) is 14.5. The third-order valence-corrected chi connectivity index (χ3v) is 2.99. The third-order valence-electron chi connectivity index (χ3n) is 2.73. The first-order chi connectivity index (χ1) is 9.67. The van der Waals surface area contributed by atoms with Gasteiger partial charge in [0.15, 0.2) is 0 Å². The smallest absolute Gasteiger partial charge is 0.200 e. The molecule has 0 N–H and O–H groups in total. The topological polar surface area (TPSA) is 30.2 Å². The van der Waals surface area contributed by atoms with E-state index < -0.39 is 0 Å². The van der Waals surface area contributed by atoms with Gasteiger partial charge in [0.25, 0.3) is 0 Å². The second-order valence-electron chi connectivity index (χ2n) is 4.03. The molecule has 0 atom stereocenters. The van der Waals surface area contributed by atoms with Crippen molar-refractivity contribution in [2.75, 3.05) is 0 Å². The number of para-hydroxylation sites is 1. The highest BCUT2D eigenvalue weighted by molar-refractivity contribution is 6.31. The quantitative estimate of drug-likeness (QED) is 0.758. The molecule has 0 spiro atoms.